The minimum atomic E-state index is -1.07. The molecule has 0 unspecified atom stereocenters. The number of hydrogen-bond acceptors (Lipinski definition) is 4. The summed E-state index contributed by atoms with van der Waals surface area (Å²) in [6.07, 6.45) is 0. The predicted molar refractivity (Wildman–Crippen MR) is 71.5 cm³/mol. The molecule has 0 radical (unpaired) electrons. The number of benzene rings is 1. The Bertz CT molecular complexity index is 463. The van der Waals surface area contributed by atoms with Crippen molar-refractivity contribution in [2.45, 2.75) is 0 Å². The molecule has 0 aromatic heterocycles. The van der Waals surface area contributed by atoms with Crippen LogP contribution in [0.5, 0.6) is 5.75 Å². The van der Waals surface area contributed by atoms with Crippen LogP contribution in [0.1, 0.15) is 10.4 Å². The molecule has 104 valence electrons. The van der Waals surface area contributed by atoms with Gasteiger partial charge in [0.15, 0.2) is 6.61 Å². The third-order valence-corrected chi connectivity index (χ3v) is 2.86. The van der Waals surface area contributed by atoms with Gasteiger partial charge in [0.1, 0.15) is 5.75 Å². The van der Waals surface area contributed by atoms with Crippen LogP contribution in [0.3, 0.4) is 0 Å². The average Bonchev–Trinajstić information content (AvgIpc) is 2.37. The monoisotopic (exact) mass is 331 g/mol. The van der Waals surface area contributed by atoms with Gasteiger partial charge in [0.25, 0.3) is 5.91 Å². The zero-order valence-corrected chi connectivity index (χ0v) is 11.9. The van der Waals surface area contributed by atoms with E-state index in [1.165, 1.54) is 13.2 Å². The lowest BCUT2D eigenvalue weighted by Crippen LogP contribution is -2.31. The summed E-state index contributed by atoms with van der Waals surface area (Å²) in [6.45, 7) is 0.650. The quantitative estimate of drug-likeness (QED) is 0.735. The van der Waals surface area contributed by atoms with E-state index in [0.29, 0.717) is 23.4 Å². The van der Waals surface area contributed by atoms with E-state index in [-0.39, 0.29) is 18.1 Å². The van der Waals surface area contributed by atoms with E-state index in [1.807, 2.05) is 0 Å². The number of aromatic carboxylic acids is 1. The molecule has 7 heteroatoms. The largest absolute Gasteiger partial charge is 0.484 e. The number of carbonyl (C=O) groups is 2. The number of carbonyl (C=O) groups excluding carboxylic acids is 1. The van der Waals surface area contributed by atoms with Gasteiger partial charge in [0, 0.05) is 18.1 Å². The second kappa shape index (κ2) is 7.75. The molecule has 0 saturated heterocycles. The van der Waals surface area contributed by atoms with Crippen molar-refractivity contribution in [3.05, 3.63) is 28.2 Å². The number of hydrogen-bond donors (Lipinski definition) is 2. The molecule has 6 nitrogen and oxygen atoms in total. The van der Waals surface area contributed by atoms with Gasteiger partial charge in [-0.1, -0.05) is 0 Å². The molecule has 1 aromatic rings. The van der Waals surface area contributed by atoms with E-state index < -0.39 is 5.97 Å². The maximum absolute atomic E-state index is 11.4. The van der Waals surface area contributed by atoms with Crippen LogP contribution < -0.4 is 10.1 Å². The number of ether oxygens (including phenoxy) is 2. The number of halogens is 1. The van der Waals surface area contributed by atoms with Gasteiger partial charge in [-0.05, 0) is 34.1 Å². The summed E-state index contributed by atoms with van der Waals surface area (Å²) in [5.74, 6) is -1.04. The minimum Gasteiger partial charge on any atom is -0.484 e. The van der Waals surface area contributed by atoms with Crippen LogP contribution >= 0.6 is 15.9 Å². The molecule has 1 aromatic carbocycles. The van der Waals surface area contributed by atoms with Gasteiger partial charge in [0.2, 0.25) is 0 Å². The zero-order valence-electron chi connectivity index (χ0n) is 10.3. The number of rotatable bonds is 7. The van der Waals surface area contributed by atoms with E-state index in [2.05, 4.69) is 21.2 Å². The van der Waals surface area contributed by atoms with Crippen molar-refractivity contribution in [3.8, 4) is 5.75 Å². The fourth-order valence-corrected chi connectivity index (χ4v) is 1.67. The molecule has 0 fully saturated rings. The lowest BCUT2D eigenvalue weighted by molar-refractivity contribution is -0.123. The first-order chi connectivity index (χ1) is 9.04. The SMILES string of the molecule is COCCNC(=O)COc1ccc(Br)c(C(=O)O)c1. The van der Waals surface area contributed by atoms with Crippen molar-refractivity contribution in [3.63, 3.8) is 0 Å². The molecule has 0 heterocycles. The number of carboxylic acid groups (broad SMARTS) is 1. The van der Waals surface area contributed by atoms with Crippen molar-refractivity contribution in [1.82, 2.24) is 5.32 Å². The van der Waals surface area contributed by atoms with E-state index in [9.17, 15) is 9.59 Å². The van der Waals surface area contributed by atoms with Gasteiger partial charge >= 0.3 is 5.97 Å². The molecule has 0 aliphatic heterocycles. The minimum absolute atomic E-state index is 0.0808. The Kier molecular flexibility index (Phi) is 6.31. The van der Waals surface area contributed by atoms with Crippen LogP contribution in [0, 0.1) is 0 Å². The Labute approximate surface area is 118 Å². The van der Waals surface area contributed by atoms with Gasteiger partial charge in [-0.2, -0.15) is 0 Å². The molecule has 1 amide bonds. The summed E-state index contributed by atoms with van der Waals surface area (Å²) in [5.41, 5.74) is 0.0808. The van der Waals surface area contributed by atoms with Gasteiger partial charge in [-0.3, -0.25) is 4.79 Å². The second-order valence-corrected chi connectivity index (χ2v) is 4.43. The van der Waals surface area contributed by atoms with Crippen LogP contribution in [0.25, 0.3) is 0 Å². The number of carboxylic acids is 1. The number of methoxy groups -OCH3 is 1. The molecule has 0 spiro atoms. The van der Waals surface area contributed by atoms with Crippen molar-refractivity contribution in [2.75, 3.05) is 26.9 Å². The highest BCUT2D eigenvalue weighted by Gasteiger charge is 2.10. The van der Waals surface area contributed by atoms with E-state index in [0.717, 1.165) is 0 Å². The first kappa shape index (κ1) is 15.5. The summed E-state index contributed by atoms with van der Waals surface area (Å²) in [7, 11) is 1.54. The van der Waals surface area contributed by atoms with Gasteiger partial charge in [0.05, 0.1) is 12.2 Å². The van der Waals surface area contributed by atoms with Gasteiger partial charge < -0.3 is 19.9 Å². The van der Waals surface area contributed by atoms with Gasteiger partial charge in [-0.25, -0.2) is 4.79 Å². The lowest BCUT2D eigenvalue weighted by Gasteiger charge is -2.08. The Morgan fingerprint density at radius 2 is 2.16 bits per heavy atom. The standard InChI is InChI=1S/C12H14BrNO5/c1-18-5-4-14-11(15)7-19-8-2-3-10(13)9(6-8)12(16)17/h2-3,6H,4-5,7H2,1H3,(H,14,15)(H,16,17). The Morgan fingerprint density at radius 1 is 1.42 bits per heavy atom. The summed E-state index contributed by atoms with van der Waals surface area (Å²) in [4.78, 5) is 22.3. The Balaban J connectivity index is 2.51. The molecular formula is C12H14BrNO5. The van der Waals surface area contributed by atoms with E-state index in [1.54, 1.807) is 12.1 Å². The Hall–Kier alpha value is -1.60. The molecule has 0 aliphatic rings. The summed E-state index contributed by atoms with van der Waals surface area (Å²) < 4.78 is 10.4. The highest BCUT2D eigenvalue weighted by atomic mass is 79.9. The fourth-order valence-electron chi connectivity index (χ4n) is 1.25. The molecule has 2 N–H and O–H groups in total. The van der Waals surface area contributed by atoms with Crippen LogP contribution in [0.15, 0.2) is 22.7 Å². The molecule has 19 heavy (non-hydrogen) atoms. The smallest absolute Gasteiger partial charge is 0.336 e. The van der Waals surface area contributed by atoms with Crippen LogP contribution in [-0.2, 0) is 9.53 Å². The zero-order chi connectivity index (χ0) is 14.3. The molecule has 1 rings (SSSR count). The van der Waals surface area contributed by atoms with Crippen molar-refractivity contribution < 1.29 is 24.2 Å². The summed E-state index contributed by atoms with van der Waals surface area (Å²) in [5, 5.41) is 11.5. The lowest BCUT2D eigenvalue weighted by atomic mass is 10.2. The number of nitrogens with one attached hydrogen (secondary N) is 1. The van der Waals surface area contributed by atoms with Crippen molar-refractivity contribution in [2.24, 2.45) is 0 Å². The summed E-state index contributed by atoms with van der Waals surface area (Å²) >= 11 is 3.12. The third kappa shape index (κ3) is 5.27. The maximum Gasteiger partial charge on any atom is 0.336 e. The highest BCUT2D eigenvalue weighted by Crippen LogP contribution is 2.22. The van der Waals surface area contributed by atoms with Crippen LogP contribution in [0.2, 0.25) is 0 Å². The Morgan fingerprint density at radius 3 is 2.79 bits per heavy atom. The van der Waals surface area contributed by atoms with E-state index >= 15 is 0 Å². The van der Waals surface area contributed by atoms with Crippen molar-refractivity contribution >= 4 is 27.8 Å². The molecule has 0 atom stereocenters. The molecular weight excluding hydrogens is 318 g/mol. The van der Waals surface area contributed by atoms with E-state index in [4.69, 9.17) is 14.6 Å². The fraction of sp³-hybridized carbons (Fsp3) is 0.333. The van der Waals surface area contributed by atoms with Crippen LogP contribution in [-0.4, -0.2) is 43.9 Å². The highest BCUT2D eigenvalue weighted by molar-refractivity contribution is 9.10. The average molecular weight is 332 g/mol. The number of amides is 1. The van der Waals surface area contributed by atoms with Crippen molar-refractivity contribution in [1.29, 1.82) is 0 Å². The molecule has 0 bridgehead atoms. The second-order valence-electron chi connectivity index (χ2n) is 3.58. The van der Waals surface area contributed by atoms with Crippen LogP contribution in [0.4, 0.5) is 0 Å². The topological polar surface area (TPSA) is 84.9 Å². The molecule has 0 aliphatic carbocycles. The summed E-state index contributed by atoms with van der Waals surface area (Å²) in [6, 6.07) is 4.50. The van der Waals surface area contributed by atoms with Gasteiger partial charge in [-0.15, -0.1) is 0 Å². The molecule has 0 saturated carbocycles. The first-order valence-corrected chi connectivity index (χ1v) is 6.25. The normalized spacial score (nSPS) is 10.0. The maximum atomic E-state index is 11.4. The predicted octanol–water partition coefficient (Wildman–Crippen LogP) is 1.29. The third-order valence-electron chi connectivity index (χ3n) is 2.17. The first-order valence-electron chi connectivity index (χ1n) is 5.46.